The van der Waals surface area contributed by atoms with E-state index in [1.54, 1.807) is 0 Å². The minimum atomic E-state index is -0.405. The van der Waals surface area contributed by atoms with Crippen LogP contribution < -0.4 is 5.32 Å². The van der Waals surface area contributed by atoms with Crippen LogP contribution in [0.2, 0.25) is 0 Å². The van der Waals surface area contributed by atoms with Gasteiger partial charge in [0.25, 0.3) is 0 Å². The number of hydrogen-bond donors (Lipinski definition) is 2. The zero-order valence-electron chi connectivity index (χ0n) is 13.1. The summed E-state index contributed by atoms with van der Waals surface area (Å²) in [7, 11) is 0. The molecule has 2 N–H and O–H groups in total. The fraction of sp³-hybridized carbons (Fsp3) is 0.941. The van der Waals surface area contributed by atoms with Crippen molar-refractivity contribution in [1.82, 2.24) is 10.2 Å². The van der Waals surface area contributed by atoms with Gasteiger partial charge in [-0.05, 0) is 68.6 Å². The Balaban J connectivity index is 1.42. The van der Waals surface area contributed by atoms with Crippen LogP contribution >= 0.6 is 0 Å². The highest BCUT2D eigenvalue weighted by Crippen LogP contribution is 2.55. The molecule has 5 aliphatic rings. The molecule has 1 saturated heterocycles. The Morgan fingerprint density at radius 3 is 2.57 bits per heavy atom. The first-order chi connectivity index (χ1) is 10.0. The zero-order chi connectivity index (χ0) is 14.6. The SMILES string of the molecule is C[C@H]1CCCN(C(=O)NC2C3CC4CC2CC(O)(C4)C3)C1. The van der Waals surface area contributed by atoms with Crippen molar-refractivity contribution in [3.05, 3.63) is 0 Å². The van der Waals surface area contributed by atoms with Crippen molar-refractivity contribution in [1.29, 1.82) is 0 Å². The summed E-state index contributed by atoms with van der Waals surface area (Å²) in [4.78, 5) is 14.6. The topological polar surface area (TPSA) is 52.6 Å². The predicted molar refractivity (Wildman–Crippen MR) is 80.8 cm³/mol. The molecule has 1 heterocycles. The van der Waals surface area contributed by atoms with Crippen LogP contribution in [0, 0.1) is 23.7 Å². The summed E-state index contributed by atoms with van der Waals surface area (Å²) in [5.41, 5.74) is -0.405. The van der Waals surface area contributed by atoms with Gasteiger partial charge in [0.2, 0.25) is 0 Å². The smallest absolute Gasteiger partial charge is 0.317 e. The second-order valence-electron chi connectivity index (χ2n) is 8.36. The second-order valence-corrected chi connectivity index (χ2v) is 8.36. The van der Waals surface area contributed by atoms with E-state index >= 15 is 0 Å². The van der Waals surface area contributed by atoms with Crippen LogP contribution in [-0.4, -0.2) is 40.8 Å². The molecule has 5 rings (SSSR count). The van der Waals surface area contributed by atoms with Gasteiger partial charge in [0.15, 0.2) is 0 Å². The number of hydrogen-bond acceptors (Lipinski definition) is 2. The first-order valence-electron chi connectivity index (χ1n) is 8.80. The lowest BCUT2D eigenvalue weighted by Gasteiger charge is -2.58. The minimum absolute atomic E-state index is 0.144. The first kappa shape index (κ1) is 13.9. The Morgan fingerprint density at radius 2 is 1.95 bits per heavy atom. The van der Waals surface area contributed by atoms with Crippen molar-refractivity contribution >= 4 is 6.03 Å². The average molecular weight is 292 g/mol. The third kappa shape index (κ3) is 2.45. The standard InChI is InChI=1S/C17H28N2O2/c1-11-3-2-4-19(10-11)16(20)18-15-13-5-12-6-14(15)9-17(21,7-12)8-13/h11-15,21H,2-10H2,1H3,(H,18,20)/t11-,12?,13?,14?,15?,17?/m0/s1. The fourth-order valence-corrected chi connectivity index (χ4v) is 5.82. The van der Waals surface area contributed by atoms with Gasteiger partial charge in [-0.15, -0.1) is 0 Å². The zero-order valence-corrected chi connectivity index (χ0v) is 13.1. The van der Waals surface area contributed by atoms with Gasteiger partial charge in [-0.25, -0.2) is 4.79 Å². The van der Waals surface area contributed by atoms with Gasteiger partial charge < -0.3 is 15.3 Å². The average Bonchev–Trinajstić information content (AvgIpc) is 2.41. The molecular formula is C17H28N2O2. The van der Waals surface area contributed by atoms with Crippen LogP contribution in [0.1, 0.15) is 51.9 Å². The number of piperidine rings is 1. The lowest BCUT2D eigenvalue weighted by molar-refractivity contribution is -0.137. The lowest BCUT2D eigenvalue weighted by atomic mass is 9.52. The Bertz CT molecular complexity index is 423. The molecule has 5 fully saturated rings. The number of urea groups is 1. The van der Waals surface area contributed by atoms with E-state index in [1.807, 2.05) is 4.90 Å². The van der Waals surface area contributed by atoms with E-state index in [1.165, 1.54) is 19.3 Å². The van der Waals surface area contributed by atoms with Crippen molar-refractivity contribution in [2.75, 3.05) is 13.1 Å². The Morgan fingerprint density at radius 1 is 1.24 bits per heavy atom. The fourth-order valence-electron chi connectivity index (χ4n) is 5.82. The summed E-state index contributed by atoms with van der Waals surface area (Å²) >= 11 is 0. The van der Waals surface area contributed by atoms with Crippen LogP contribution in [-0.2, 0) is 0 Å². The summed E-state index contributed by atoms with van der Waals surface area (Å²) in [6, 6.07) is 0.456. The molecule has 2 unspecified atom stereocenters. The molecule has 118 valence electrons. The number of likely N-dealkylation sites (tertiary alicyclic amines) is 1. The Labute approximate surface area is 127 Å². The van der Waals surface area contributed by atoms with E-state index in [9.17, 15) is 9.90 Å². The second kappa shape index (κ2) is 4.87. The minimum Gasteiger partial charge on any atom is -0.390 e. The number of amides is 2. The molecule has 0 spiro atoms. The predicted octanol–water partition coefficient (Wildman–Crippen LogP) is 2.37. The maximum Gasteiger partial charge on any atom is 0.317 e. The summed E-state index contributed by atoms with van der Waals surface area (Å²) in [6.07, 6.45) is 7.61. The summed E-state index contributed by atoms with van der Waals surface area (Å²) in [5.74, 6) is 2.35. The summed E-state index contributed by atoms with van der Waals surface area (Å²) in [5, 5.41) is 14.0. The lowest BCUT2D eigenvalue weighted by Crippen LogP contribution is -2.63. The highest BCUT2D eigenvalue weighted by molar-refractivity contribution is 5.74. The van der Waals surface area contributed by atoms with Crippen LogP contribution in [0.25, 0.3) is 0 Å². The molecule has 4 nitrogen and oxygen atoms in total. The highest BCUT2D eigenvalue weighted by Gasteiger charge is 2.55. The largest absolute Gasteiger partial charge is 0.390 e. The molecule has 0 aromatic carbocycles. The summed E-state index contributed by atoms with van der Waals surface area (Å²) in [6.45, 7) is 4.04. The third-order valence-corrected chi connectivity index (χ3v) is 6.48. The number of aliphatic hydroxyl groups is 1. The van der Waals surface area contributed by atoms with Crippen LogP contribution in [0.5, 0.6) is 0 Å². The van der Waals surface area contributed by atoms with E-state index in [-0.39, 0.29) is 6.03 Å². The number of carbonyl (C=O) groups excluding carboxylic acids is 1. The van der Waals surface area contributed by atoms with E-state index < -0.39 is 5.60 Å². The van der Waals surface area contributed by atoms with Gasteiger partial charge in [-0.3, -0.25) is 0 Å². The van der Waals surface area contributed by atoms with Crippen molar-refractivity contribution in [2.45, 2.75) is 63.5 Å². The van der Waals surface area contributed by atoms with Gasteiger partial charge >= 0.3 is 6.03 Å². The van der Waals surface area contributed by atoms with E-state index in [0.717, 1.165) is 38.8 Å². The van der Waals surface area contributed by atoms with Crippen molar-refractivity contribution in [3.8, 4) is 0 Å². The van der Waals surface area contributed by atoms with Crippen LogP contribution in [0.3, 0.4) is 0 Å². The number of nitrogens with one attached hydrogen (secondary N) is 1. The van der Waals surface area contributed by atoms with Crippen molar-refractivity contribution in [2.24, 2.45) is 23.7 Å². The Kier molecular flexibility index (Phi) is 3.21. The normalized spacial score (nSPS) is 48.5. The quantitative estimate of drug-likeness (QED) is 0.779. The van der Waals surface area contributed by atoms with E-state index in [4.69, 9.17) is 0 Å². The first-order valence-corrected chi connectivity index (χ1v) is 8.80. The van der Waals surface area contributed by atoms with Crippen LogP contribution in [0.4, 0.5) is 4.79 Å². The van der Waals surface area contributed by atoms with E-state index in [2.05, 4.69) is 12.2 Å². The molecule has 1 aliphatic heterocycles. The molecule has 0 aromatic rings. The number of rotatable bonds is 1. The van der Waals surface area contributed by atoms with Crippen LogP contribution in [0.15, 0.2) is 0 Å². The molecule has 4 bridgehead atoms. The molecule has 4 aliphatic carbocycles. The maximum absolute atomic E-state index is 12.6. The summed E-state index contributed by atoms with van der Waals surface area (Å²) < 4.78 is 0. The van der Waals surface area contributed by atoms with E-state index in [0.29, 0.717) is 29.7 Å². The van der Waals surface area contributed by atoms with Gasteiger partial charge in [0.05, 0.1) is 5.60 Å². The molecule has 4 heteroatoms. The van der Waals surface area contributed by atoms with Gasteiger partial charge in [0.1, 0.15) is 0 Å². The third-order valence-electron chi connectivity index (χ3n) is 6.48. The maximum atomic E-state index is 12.6. The highest BCUT2D eigenvalue weighted by atomic mass is 16.3. The van der Waals surface area contributed by atoms with Gasteiger partial charge in [0, 0.05) is 19.1 Å². The van der Waals surface area contributed by atoms with Gasteiger partial charge in [-0.2, -0.15) is 0 Å². The monoisotopic (exact) mass is 292 g/mol. The van der Waals surface area contributed by atoms with Crippen molar-refractivity contribution in [3.63, 3.8) is 0 Å². The molecule has 2 amide bonds. The molecular weight excluding hydrogens is 264 g/mol. The molecule has 21 heavy (non-hydrogen) atoms. The number of carbonyl (C=O) groups is 1. The molecule has 3 atom stereocenters. The number of nitrogens with zero attached hydrogens (tertiary/aromatic N) is 1. The molecule has 4 saturated carbocycles. The molecule has 0 aromatic heterocycles. The Hall–Kier alpha value is -0.770. The van der Waals surface area contributed by atoms with Gasteiger partial charge in [-0.1, -0.05) is 6.92 Å². The van der Waals surface area contributed by atoms with Crippen molar-refractivity contribution < 1.29 is 9.90 Å². The molecule has 0 radical (unpaired) electrons.